The monoisotopic (exact) mass is 401 g/mol. The van der Waals surface area contributed by atoms with E-state index in [-0.39, 0.29) is 11.8 Å². The lowest BCUT2D eigenvalue weighted by Crippen LogP contribution is -2.37. The number of rotatable bonds is 4. The highest BCUT2D eigenvalue weighted by atomic mass is 16.7. The first kappa shape index (κ1) is 18.3. The third-order valence-corrected chi connectivity index (χ3v) is 5.48. The van der Waals surface area contributed by atoms with Gasteiger partial charge in [0.1, 0.15) is 11.7 Å². The van der Waals surface area contributed by atoms with E-state index in [1.807, 2.05) is 42.5 Å². The average Bonchev–Trinajstić information content (AvgIpc) is 3.31. The van der Waals surface area contributed by atoms with Crippen molar-refractivity contribution in [2.75, 3.05) is 17.1 Å². The Morgan fingerprint density at radius 1 is 0.900 bits per heavy atom. The predicted octanol–water partition coefficient (Wildman–Crippen LogP) is 3.14. The molecule has 3 unspecified atom stereocenters. The van der Waals surface area contributed by atoms with E-state index in [2.05, 4.69) is 4.98 Å². The smallest absolute Gasteiger partial charge is 0.266 e. The summed E-state index contributed by atoms with van der Waals surface area (Å²) in [7, 11) is 1.57. The zero-order valence-corrected chi connectivity index (χ0v) is 16.2. The first-order valence-electron chi connectivity index (χ1n) is 9.62. The summed E-state index contributed by atoms with van der Waals surface area (Å²) in [5.41, 5.74) is 2.09. The number of ether oxygens (including phenoxy) is 1. The van der Waals surface area contributed by atoms with E-state index in [4.69, 9.17) is 9.57 Å². The zero-order chi connectivity index (χ0) is 20.7. The molecule has 0 radical (unpaired) electrons. The van der Waals surface area contributed by atoms with Gasteiger partial charge in [-0.3, -0.25) is 19.4 Å². The quantitative estimate of drug-likeness (QED) is 0.626. The maximum atomic E-state index is 13.5. The van der Waals surface area contributed by atoms with Crippen molar-refractivity contribution >= 4 is 23.2 Å². The number of fused-ring (bicyclic) bond motifs is 1. The summed E-state index contributed by atoms with van der Waals surface area (Å²) < 4.78 is 5.17. The number of nitrogens with zero attached hydrogens (tertiary/aromatic N) is 3. The number of amides is 2. The van der Waals surface area contributed by atoms with Crippen LogP contribution in [0.25, 0.3) is 0 Å². The van der Waals surface area contributed by atoms with Crippen molar-refractivity contribution < 1.29 is 19.2 Å². The Hall–Kier alpha value is -3.71. The molecule has 3 atom stereocenters. The van der Waals surface area contributed by atoms with E-state index in [0.717, 1.165) is 11.3 Å². The van der Waals surface area contributed by atoms with Crippen LogP contribution in [0.5, 0.6) is 5.75 Å². The lowest BCUT2D eigenvalue weighted by Gasteiger charge is -2.28. The SMILES string of the molecule is COc1ccc(N2C(=O)C3ON(c4ccccc4)C(c4cccnc4)C3C2=O)cc1. The fourth-order valence-corrected chi connectivity index (χ4v) is 4.09. The number of hydroxylamine groups is 1. The largest absolute Gasteiger partial charge is 0.497 e. The molecule has 0 saturated carbocycles. The second kappa shape index (κ2) is 7.27. The first-order chi connectivity index (χ1) is 14.7. The molecule has 2 aliphatic rings. The number of hydrogen-bond acceptors (Lipinski definition) is 6. The Labute approximate surface area is 173 Å². The van der Waals surface area contributed by atoms with E-state index in [0.29, 0.717) is 11.4 Å². The maximum absolute atomic E-state index is 13.5. The topological polar surface area (TPSA) is 72.0 Å². The molecule has 0 bridgehead atoms. The number of pyridine rings is 1. The van der Waals surface area contributed by atoms with E-state index in [1.54, 1.807) is 48.8 Å². The van der Waals surface area contributed by atoms with Gasteiger partial charge in [-0.15, -0.1) is 0 Å². The Morgan fingerprint density at radius 2 is 1.67 bits per heavy atom. The van der Waals surface area contributed by atoms with Gasteiger partial charge in [-0.1, -0.05) is 24.3 Å². The third-order valence-electron chi connectivity index (χ3n) is 5.48. The molecule has 5 rings (SSSR count). The van der Waals surface area contributed by atoms with Gasteiger partial charge < -0.3 is 4.74 Å². The van der Waals surface area contributed by atoms with Crippen LogP contribution in [-0.4, -0.2) is 30.0 Å². The van der Waals surface area contributed by atoms with Gasteiger partial charge >= 0.3 is 0 Å². The minimum atomic E-state index is -0.898. The number of hydrogen-bond donors (Lipinski definition) is 0. The summed E-state index contributed by atoms with van der Waals surface area (Å²) in [5, 5.41) is 1.66. The molecular weight excluding hydrogens is 382 g/mol. The van der Waals surface area contributed by atoms with Crippen LogP contribution in [-0.2, 0) is 14.4 Å². The Bertz CT molecular complexity index is 1070. The van der Waals surface area contributed by atoms with E-state index in [9.17, 15) is 9.59 Å². The van der Waals surface area contributed by atoms with Crippen LogP contribution in [0.3, 0.4) is 0 Å². The maximum Gasteiger partial charge on any atom is 0.266 e. The van der Waals surface area contributed by atoms with Crippen LogP contribution < -0.4 is 14.7 Å². The Balaban J connectivity index is 1.55. The van der Waals surface area contributed by atoms with Crippen molar-refractivity contribution in [2.45, 2.75) is 12.1 Å². The van der Waals surface area contributed by atoms with Crippen molar-refractivity contribution in [3.8, 4) is 5.75 Å². The van der Waals surface area contributed by atoms with Crippen molar-refractivity contribution in [2.24, 2.45) is 5.92 Å². The molecule has 3 aromatic rings. The highest BCUT2D eigenvalue weighted by Gasteiger charge is 2.60. The minimum absolute atomic E-state index is 0.289. The lowest BCUT2D eigenvalue weighted by atomic mass is 9.91. The van der Waals surface area contributed by atoms with E-state index < -0.39 is 18.1 Å². The molecule has 2 saturated heterocycles. The highest BCUT2D eigenvalue weighted by Crippen LogP contribution is 2.47. The Kier molecular flexibility index (Phi) is 4.44. The predicted molar refractivity (Wildman–Crippen MR) is 110 cm³/mol. The summed E-state index contributed by atoms with van der Waals surface area (Å²) in [6, 6.07) is 19.5. The van der Waals surface area contributed by atoms with Crippen molar-refractivity contribution in [3.05, 3.63) is 84.7 Å². The molecule has 2 aliphatic heterocycles. The number of carbonyl (C=O) groups excluding carboxylic acids is 2. The second-order valence-corrected chi connectivity index (χ2v) is 7.15. The molecule has 3 heterocycles. The summed E-state index contributed by atoms with van der Waals surface area (Å²) in [5.74, 6) is -0.688. The van der Waals surface area contributed by atoms with Crippen LogP contribution in [0.4, 0.5) is 11.4 Å². The van der Waals surface area contributed by atoms with Crippen LogP contribution in [0.15, 0.2) is 79.1 Å². The summed E-state index contributed by atoms with van der Waals surface area (Å²) in [4.78, 5) is 38.2. The number of para-hydroxylation sites is 1. The number of anilines is 2. The van der Waals surface area contributed by atoms with Gasteiger partial charge in [-0.05, 0) is 48.0 Å². The summed E-state index contributed by atoms with van der Waals surface area (Å²) in [6.45, 7) is 0. The van der Waals surface area contributed by atoms with Gasteiger partial charge in [0.05, 0.1) is 24.5 Å². The van der Waals surface area contributed by atoms with Gasteiger partial charge in [0.25, 0.3) is 5.91 Å². The van der Waals surface area contributed by atoms with Gasteiger partial charge in [-0.25, -0.2) is 9.96 Å². The van der Waals surface area contributed by atoms with Crippen LogP contribution in [0.1, 0.15) is 11.6 Å². The average molecular weight is 401 g/mol. The molecule has 150 valence electrons. The highest BCUT2D eigenvalue weighted by molar-refractivity contribution is 6.23. The van der Waals surface area contributed by atoms with Gasteiger partial charge in [0.15, 0.2) is 6.10 Å². The Morgan fingerprint density at radius 3 is 2.33 bits per heavy atom. The molecule has 2 aromatic carbocycles. The normalized spacial score (nSPS) is 23.0. The van der Waals surface area contributed by atoms with Gasteiger partial charge in [0.2, 0.25) is 5.91 Å². The molecule has 0 N–H and O–H groups in total. The number of carbonyl (C=O) groups is 2. The molecule has 0 spiro atoms. The molecule has 7 nitrogen and oxygen atoms in total. The second-order valence-electron chi connectivity index (χ2n) is 7.15. The molecule has 1 aromatic heterocycles. The van der Waals surface area contributed by atoms with Crippen LogP contribution >= 0.6 is 0 Å². The minimum Gasteiger partial charge on any atom is -0.497 e. The standard InChI is InChI=1S/C23H19N3O4/c1-29-18-11-9-16(10-12-18)25-22(27)19-20(15-6-5-13-24-14-15)26(30-21(19)23(25)28)17-7-3-2-4-8-17/h2-14,19-21H,1H3. The lowest BCUT2D eigenvalue weighted by molar-refractivity contribution is -0.126. The molecule has 7 heteroatoms. The van der Waals surface area contributed by atoms with Gasteiger partial charge in [-0.2, -0.15) is 0 Å². The first-order valence-corrected chi connectivity index (χ1v) is 9.62. The van der Waals surface area contributed by atoms with Crippen molar-refractivity contribution in [3.63, 3.8) is 0 Å². The number of aromatic nitrogens is 1. The number of methoxy groups -OCH3 is 1. The van der Waals surface area contributed by atoms with Crippen LogP contribution in [0.2, 0.25) is 0 Å². The molecule has 2 fully saturated rings. The molecule has 30 heavy (non-hydrogen) atoms. The van der Waals surface area contributed by atoms with Crippen molar-refractivity contribution in [1.29, 1.82) is 0 Å². The molecular formula is C23H19N3O4. The molecule has 0 aliphatic carbocycles. The fourth-order valence-electron chi connectivity index (χ4n) is 4.09. The summed E-state index contributed by atoms with van der Waals surface area (Å²) >= 11 is 0. The van der Waals surface area contributed by atoms with E-state index in [1.165, 1.54) is 4.90 Å². The van der Waals surface area contributed by atoms with Gasteiger partial charge in [0, 0.05) is 12.4 Å². The van der Waals surface area contributed by atoms with Crippen molar-refractivity contribution in [1.82, 2.24) is 4.98 Å². The fraction of sp³-hybridized carbons (Fsp3) is 0.174. The third kappa shape index (κ3) is 2.83. The van der Waals surface area contributed by atoms with E-state index >= 15 is 0 Å². The van der Waals surface area contributed by atoms with Crippen LogP contribution in [0, 0.1) is 5.92 Å². The number of imide groups is 1. The summed E-state index contributed by atoms with van der Waals surface area (Å²) in [6.07, 6.45) is 2.49. The zero-order valence-electron chi connectivity index (χ0n) is 16.2. The molecule has 2 amide bonds. The number of benzene rings is 2.